The van der Waals surface area contributed by atoms with Crippen molar-refractivity contribution in [3.63, 3.8) is 0 Å². The number of aromatic nitrogens is 1. The molecular formula is C16H17ClN2O4S. The first-order chi connectivity index (χ1) is 11.3. The van der Waals surface area contributed by atoms with E-state index in [1.807, 2.05) is 0 Å². The number of nitrogens with zero attached hydrogens (tertiary/aromatic N) is 1. The molecule has 0 saturated carbocycles. The van der Waals surface area contributed by atoms with Crippen molar-refractivity contribution in [2.24, 2.45) is 0 Å². The van der Waals surface area contributed by atoms with Crippen molar-refractivity contribution < 1.29 is 19.4 Å². The average molecular weight is 369 g/mol. The second-order valence-electron chi connectivity index (χ2n) is 5.19. The molecule has 2 atom stereocenters. The van der Waals surface area contributed by atoms with Crippen LogP contribution in [0.5, 0.6) is 5.75 Å². The first-order valence-electron chi connectivity index (χ1n) is 7.21. The Balaban J connectivity index is 2.02. The van der Waals surface area contributed by atoms with E-state index >= 15 is 0 Å². The zero-order valence-corrected chi connectivity index (χ0v) is 14.9. The minimum absolute atomic E-state index is 0.173. The van der Waals surface area contributed by atoms with Gasteiger partial charge in [0, 0.05) is 0 Å². The summed E-state index contributed by atoms with van der Waals surface area (Å²) in [5.74, 6) is -0.940. The highest BCUT2D eigenvalue weighted by molar-refractivity contribution is 7.13. The van der Waals surface area contributed by atoms with Crippen molar-refractivity contribution in [1.82, 2.24) is 10.3 Å². The van der Waals surface area contributed by atoms with Gasteiger partial charge in [0.05, 0.1) is 16.8 Å². The average Bonchev–Trinajstić information content (AvgIpc) is 2.91. The van der Waals surface area contributed by atoms with Gasteiger partial charge < -0.3 is 15.2 Å². The lowest BCUT2D eigenvalue weighted by atomic mass is 10.3. The number of hydrogen-bond donors (Lipinski definition) is 2. The van der Waals surface area contributed by atoms with E-state index in [1.54, 1.807) is 45.0 Å². The largest absolute Gasteiger partial charge is 0.479 e. The number of carboxylic acid groups (broad SMARTS) is 1. The Morgan fingerprint density at radius 2 is 2.00 bits per heavy atom. The van der Waals surface area contributed by atoms with Crippen LogP contribution in [0.3, 0.4) is 0 Å². The molecule has 8 heteroatoms. The highest BCUT2D eigenvalue weighted by atomic mass is 35.5. The topological polar surface area (TPSA) is 88.5 Å². The molecule has 24 heavy (non-hydrogen) atoms. The quantitative estimate of drug-likeness (QED) is 0.815. The van der Waals surface area contributed by atoms with Gasteiger partial charge in [-0.1, -0.05) is 23.7 Å². The third kappa shape index (κ3) is 4.24. The Morgan fingerprint density at radius 1 is 1.33 bits per heavy atom. The summed E-state index contributed by atoms with van der Waals surface area (Å²) in [6.07, 6.45) is -0.757. The number of carbonyl (C=O) groups is 2. The van der Waals surface area contributed by atoms with Crippen LogP contribution in [0.2, 0.25) is 5.02 Å². The molecule has 6 nitrogen and oxygen atoms in total. The molecule has 0 aliphatic carbocycles. The van der Waals surface area contributed by atoms with Crippen LogP contribution in [-0.2, 0) is 4.79 Å². The van der Waals surface area contributed by atoms with E-state index in [2.05, 4.69) is 10.3 Å². The minimum Gasteiger partial charge on any atom is -0.479 e. The van der Waals surface area contributed by atoms with Gasteiger partial charge in [-0.15, -0.1) is 11.3 Å². The second kappa shape index (κ2) is 7.63. The summed E-state index contributed by atoms with van der Waals surface area (Å²) in [7, 11) is 0. The van der Waals surface area contributed by atoms with Crippen LogP contribution < -0.4 is 10.1 Å². The molecule has 0 spiro atoms. The highest BCUT2D eigenvalue weighted by Crippen LogP contribution is 2.25. The minimum atomic E-state index is -1.02. The number of halogens is 1. The SMILES string of the molecule is Cc1nc(C(C)NC(=O)C(C)Oc2ccccc2Cl)sc1C(=O)O. The summed E-state index contributed by atoms with van der Waals surface area (Å²) >= 11 is 7.05. The van der Waals surface area contributed by atoms with Gasteiger partial charge in [-0.05, 0) is 32.9 Å². The van der Waals surface area contributed by atoms with Crippen molar-refractivity contribution in [1.29, 1.82) is 0 Å². The monoisotopic (exact) mass is 368 g/mol. The van der Waals surface area contributed by atoms with E-state index < -0.39 is 18.1 Å². The molecule has 2 unspecified atom stereocenters. The summed E-state index contributed by atoms with van der Waals surface area (Å²) in [6.45, 7) is 4.98. The second-order valence-corrected chi connectivity index (χ2v) is 6.63. The third-order valence-electron chi connectivity index (χ3n) is 3.25. The third-order valence-corrected chi connectivity index (χ3v) is 4.89. The standard InChI is InChI=1S/C16H17ClN2O4S/c1-8-13(16(21)22)24-15(19-8)9(2)18-14(20)10(3)23-12-7-5-4-6-11(12)17/h4-7,9-10H,1-3H3,(H,18,20)(H,21,22). The number of aryl methyl sites for hydroxylation is 1. The maximum Gasteiger partial charge on any atom is 0.347 e. The molecule has 0 aliphatic rings. The van der Waals surface area contributed by atoms with Crippen LogP contribution in [0.4, 0.5) is 0 Å². The van der Waals surface area contributed by atoms with Gasteiger partial charge in [0.1, 0.15) is 15.6 Å². The number of rotatable bonds is 6. The number of thiazole rings is 1. The van der Waals surface area contributed by atoms with Crippen molar-refractivity contribution >= 4 is 34.8 Å². The molecule has 2 rings (SSSR count). The lowest BCUT2D eigenvalue weighted by molar-refractivity contribution is -0.127. The smallest absolute Gasteiger partial charge is 0.347 e. The molecule has 1 heterocycles. The number of benzene rings is 1. The van der Waals surface area contributed by atoms with E-state index in [4.69, 9.17) is 21.4 Å². The van der Waals surface area contributed by atoms with E-state index in [0.717, 1.165) is 11.3 Å². The first kappa shape index (κ1) is 18.2. The fourth-order valence-corrected chi connectivity index (χ4v) is 3.07. The normalized spacial score (nSPS) is 13.2. The van der Waals surface area contributed by atoms with Crippen LogP contribution >= 0.6 is 22.9 Å². The highest BCUT2D eigenvalue weighted by Gasteiger charge is 2.22. The lowest BCUT2D eigenvalue weighted by Gasteiger charge is -2.18. The number of aromatic carboxylic acids is 1. The zero-order valence-electron chi connectivity index (χ0n) is 13.4. The van der Waals surface area contributed by atoms with E-state index in [-0.39, 0.29) is 10.8 Å². The first-order valence-corrected chi connectivity index (χ1v) is 8.41. The van der Waals surface area contributed by atoms with Crippen LogP contribution in [0.25, 0.3) is 0 Å². The summed E-state index contributed by atoms with van der Waals surface area (Å²) < 4.78 is 5.56. The van der Waals surface area contributed by atoms with Crippen LogP contribution in [-0.4, -0.2) is 28.1 Å². The number of carboxylic acids is 1. The lowest BCUT2D eigenvalue weighted by Crippen LogP contribution is -2.37. The van der Waals surface area contributed by atoms with E-state index in [1.165, 1.54) is 0 Å². The molecule has 0 bridgehead atoms. The summed E-state index contributed by atoms with van der Waals surface area (Å²) in [5.41, 5.74) is 0.434. The molecule has 1 aromatic carbocycles. The predicted octanol–water partition coefficient (Wildman–Crippen LogP) is 3.45. The molecular weight excluding hydrogens is 352 g/mol. The fraction of sp³-hybridized carbons (Fsp3) is 0.312. The number of para-hydroxylation sites is 1. The Kier molecular flexibility index (Phi) is 5.80. The van der Waals surface area contributed by atoms with Crippen LogP contribution in [0, 0.1) is 6.92 Å². The molecule has 2 aromatic rings. The summed E-state index contributed by atoms with van der Waals surface area (Å²) in [5, 5.41) is 12.8. The maximum atomic E-state index is 12.2. The number of amides is 1. The van der Waals surface area contributed by atoms with Gasteiger partial charge in [-0.25, -0.2) is 9.78 Å². The number of nitrogens with one attached hydrogen (secondary N) is 1. The van der Waals surface area contributed by atoms with Crippen LogP contribution in [0.15, 0.2) is 24.3 Å². The molecule has 0 radical (unpaired) electrons. The van der Waals surface area contributed by atoms with Crippen molar-refractivity contribution in [3.05, 3.63) is 44.9 Å². The van der Waals surface area contributed by atoms with Crippen molar-refractivity contribution in [2.45, 2.75) is 32.9 Å². The van der Waals surface area contributed by atoms with E-state index in [9.17, 15) is 9.59 Å². The molecule has 0 fully saturated rings. The Hall–Kier alpha value is -2.12. The zero-order chi connectivity index (χ0) is 17.9. The van der Waals surface area contributed by atoms with E-state index in [0.29, 0.717) is 21.5 Å². The fourth-order valence-electron chi connectivity index (χ4n) is 1.98. The molecule has 1 aromatic heterocycles. The molecule has 128 valence electrons. The number of ether oxygens (including phenoxy) is 1. The molecule has 2 N–H and O–H groups in total. The van der Waals surface area contributed by atoms with Gasteiger partial charge >= 0.3 is 5.97 Å². The Labute approximate surface area is 148 Å². The van der Waals surface area contributed by atoms with Crippen molar-refractivity contribution in [2.75, 3.05) is 0 Å². The van der Waals surface area contributed by atoms with Gasteiger partial charge in [0.2, 0.25) is 0 Å². The predicted molar refractivity (Wildman–Crippen MR) is 91.9 cm³/mol. The van der Waals surface area contributed by atoms with Crippen molar-refractivity contribution in [3.8, 4) is 5.75 Å². The van der Waals surface area contributed by atoms with Crippen LogP contribution in [0.1, 0.15) is 40.3 Å². The molecule has 0 aliphatic heterocycles. The summed E-state index contributed by atoms with van der Waals surface area (Å²) in [6, 6.07) is 6.47. The van der Waals surface area contributed by atoms with Gasteiger partial charge in [0.15, 0.2) is 6.10 Å². The molecule has 1 amide bonds. The van der Waals surface area contributed by atoms with Gasteiger partial charge in [-0.3, -0.25) is 4.79 Å². The molecule has 0 saturated heterocycles. The van der Waals surface area contributed by atoms with Gasteiger partial charge in [-0.2, -0.15) is 0 Å². The number of carbonyl (C=O) groups excluding carboxylic acids is 1. The maximum absolute atomic E-state index is 12.2. The summed E-state index contributed by atoms with van der Waals surface area (Å²) in [4.78, 5) is 27.7. The number of hydrogen-bond acceptors (Lipinski definition) is 5. The Bertz CT molecular complexity index is 762. The Morgan fingerprint density at radius 3 is 2.58 bits per heavy atom. The van der Waals surface area contributed by atoms with Gasteiger partial charge in [0.25, 0.3) is 5.91 Å².